The van der Waals surface area contributed by atoms with Crippen molar-refractivity contribution in [3.63, 3.8) is 0 Å². The van der Waals surface area contributed by atoms with Gasteiger partial charge in [0.05, 0.1) is 23.0 Å². The third-order valence-corrected chi connectivity index (χ3v) is 4.54. The molecule has 1 aliphatic heterocycles. The molecule has 0 bridgehead atoms. The number of carbonyl (C=O) groups excluding carboxylic acids is 1. The average Bonchev–Trinajstić information content (AvgIpc) is 2.63. The number of nitrogens with zero attached hydrogens (tertiary/aromatic N) is 3. The van der Waals surface area contributed by atoms with Crippen molar-refractivity contribution < 1.29 is 4.79 Å². The summed E-state index contributed by atoms with van der Waals surface area (Å²) >= 11 is 6.13. The number of benzene rings is 2. The Morgan fingerprint density at radius 2 is 1.92 bits per heavy atom. The molecule has 1 amide bonds. The van der Waals surface area contributed by atoms with Crippen LogP contribution in [0.2, 0.25) is 5.02 Å². The Hall–Kier alpha value is -2.55. The average molecular weight is 355 g/mol. The highest BCUT2D eigenvalue weighted by Crippen LogP contribution is 2.30. The van der Waals surface area contributed by atoms with E-state index in [1.807, 2.05) is 18.2 Å². The van der Waals surface area contributed by atoms with Gasteiger partial charge < -0.3 is 15.1 Å². The molecule has 1 aliphatic rings. The summed E-state index contributed by atoms with van der Waals surface area (Å²) in [6.07, 6.45) is 0. The van der Waals surface area contributed by atoms with Gasteiger partial charge in [0.1, 0.15) is 0 Å². The van der Waals surface area contributed by atoms with Crippen LogP contribution in [0.4, 0.5) is 11.4 Å². The lowest BCUT2D eigenvalue weighted by Gasteiger charge is -2.35. The minimum absolute atomic E-state index is 0.255. The second kappa shape index (κ2) is 7.56. The Morgan fingerprint density at radius 3 is 2.64 bits per heavy atom. The Bertz CT molecular complexity index is 822. The van der Waals surface area contributed by atoms with E-state index in [0.29, 0.717) is 21.8 Å². The molecular formula is C19H19ClN4O. The highest BCUT2D eigenvalue weighted by molar-refractivity contribution is 6.31. The Balaban J connectivity index is 1.85. The molecule has 6 heteroatoms. The summed E-state index contributed by atoms with van der Waals surface area (Å²) in [7, 11) is 2.10. The zero-order valence-corrected chi connectivity index (χ0v) is 14.8. The number of rotatable bonds is 3. The van der Waals surface area contributed by atoms with E-state index in [-0.39, 0.29) is 5.91 Å². The Kier molecular flexibility index (Phi) is 5.22. The lowest BCUT2D eigenvalue weighted by molar-refractivity contribution is 0.102. The number of amides is 1. The van der Waals surface area contributed by atoms with E-state index in [1.54, 1.807) is 30.3 Å². The molecule has 0 aliphatic carbocycles. The molecule has 0 saturated carbocycles. The molecule has 2 aromatic rings. The molecule has 3 rings (SSSR count). The fourth-order valence-electron chi connectivity index (χ4n) is 2.86. The molecule has 128 valence electrons. The molecule has 0 aromatic heterocycles. The van der Waals surface area contributed by atoms with Crippen LogP contribution < -0.4 is 10.2 Å². The minimum Gasteiger partial charge on any atom is -0.367 e. The lowest BCUT2D eigenvalue weighted by atomic mass is 10.1. The van der Waals surface area contributed by atoms with Crippen LogP contribution in [-0.2, 0) is 0 Å². The Labute approximate surface area is 152 Å². The zero-order valence-electron chi connectivity index (χ0n) is 14.0. The highest BCUT2D eigenvalue weighted by Gasteiger charge is 2.18. The third-order valence-electron chi connectivity index (χ3n) is 4.30. The van der Waals surface area contributed by atoms with Crippen LogP contribution in [0.3, 0.4) is 0 Å². The first-order valence-corrected chi connectivity index (χ1v) is 8.49. The van der Waals surface area contributed by atoms with Crippen molar-refractivity contribution >= 4 is 28.9 Å². The van der Waals surface area contributed by atoms with E-state index in [1.165, 1.54) is 0 Å². The number of hydrogen-bond acceptors (Lipinski definition) is 4. The molecule has 1 fully saturated rings. The van der Waals surface area contributed by atoms with Gasteiger partial charge in [-0.05, 0) is 43.4 Å². The fraction of sp³-hybridized carbons (Fsp3) is 0.263. The van der Waals surface area contributed by atoms with Crippen LogP contribution in [0.25, 0.3) is 0 Å². The molecule has 2 aromatic carbocycles. The number of piperazine rings is 1. The molecule has 0 spiro atoms. The van der Waals surface area contributed by atoms with Crippen LogP contribution in [0.15, 0.2) is 42.5 Å². The highest BCUT2D eigenvalue weighted by atomic mass is 35.5. The number of nitrogens with one attached hydrogen (secondary N) is 1. The third kappa shape index (κ3) is 4.11. The number of anilines is 2. The molecule has 0 unspecified atom stereocenters. The van der Waals surface area contributed by atoms with Gasteiger partial charge in [-0.2, -0.15) is 5.26 Å². The van der Waals surface area contributed by atoms with Gasteiger partial charge in [0.2, 0.25) is 0 Å². The van der Waals surface area contributed by atoms with E-state index in [2.05, 4.69) is 22.2 Å². The maximum Gasteiger partial charge on any atom is 0.255 e. The summed E-state index contributed by atoms with van der Waals surface area (Å²) in [6.45, 7) is 3.73. The molecule has 5 nitrogen and oxygen atoms in total. The number of hydrogen-bond donors (Lipinski definition) is 1. The van der Waals surface area contributed by atoms with Crippen LogP contribution in [0.1, 0.15) is 15.9 Å². The van der Waals surface area contributed by atoms with Gasteiger partial charge in [0, 0.05) is 36.8 Å². The first kappa shape index (κ1) is 17.3. The van der Waals surface area contributed by atoms with E-state index >= 15 is 0 Å². The van der Waals surface area contributed by atoms with Crippen LogP contribution in [0.5, 0.6) is 0 Å². The van der Waals surface area contributed by atoms with Gasteiger partial charge in [-0.15, -0.1) is 0 Å². The van der Waals surface area contributed by atoms with Crippen molar-refractivity contribution in [3.8, 4) is 6.07 Å². The van der Waals surface area contributed by atoms with Crippen molar-refractivity contribution in [3.05, 3.63) is 58.6 Å². The molecule has 25 heavy (non-hydrogen) atoms. The standard InChI is InChI=1S/C19H19ClN4O/c1-23-7-9-24(10-8-23)18-6-5-16(20)12-17(18)22-19(25)15-4-2-3-14(11-15)13-21/h2-6,11-12H,7-10H2,1H3,(H,22,25). The summed E-state index contributed by atoms with van der Waals surface area (Å²) < 4.78 is 0. The van der Waals surface area contributed by atoms with E-state index in [9.17, 15) is 4.79 Å². The summed E-state index contributed by atoms with van der Waals surface area (Å²) in [6, 6.07) is 14.2. The number of halogens is 1. The minimum atomic E-state index is -0.255. The molecule has 0 atom stereocenters. The van der Waals surface area contributed by atoms with E-state index in [0.717, 1.165) is 31.9 Å². The van der Waals surface area contributed by atoms with Gasteiger partial charge in [-0.25, -0.2) is 0 Å². The van der Waals surface area contributed by atoms with Crippen molar-refractivity contribution in [2.24, 2.45) is 0 Å². The van der Waals surface area contributed by atoms with E-state index in [4.69, 9.17) is 16.9 Å². The largest absolute Gasteiger partial charge is 0.367 e. The van der Waals surface area contributed by atoms with Gasteiger partial charge >= 0.3 is 0 Å². The predicted molar refractivity (Wildman–Crippen MR) is 100 cm³/mol. The van der Waals surface area contributed by atoms with Crippen molar-refractivity contribution in [1.29, 1.82) is 5.26 Å². The monoisotopic (exact) mass is 354 g/mol. The first-order valence-electron chi connectivity index (χ1n) is 8.11. The summed E-state index contributed by atoms with van der Waals surface area (Å²) in [5, 5.41) is 12.5. The lowest BCUT2D eigenvalue weighted by Crippen LogP contribution is -2.44. The number of carbonyl (C=O) groups is 1. The van der Waals surface area contributed by atoms with Crippen molar-refractivity contribution in [1.82, 2.24) is 4.90 Å². The maximum absolute atomic E-state index is 12.6. The maximum atomic E-state index is 12.6. The summed E-state index contributed by atoms with van der Waals surface area (Å²) in [5.41, 5.74) is 2.55. The molecule has 1 saturated heterocycles. The molecule has 1 N–H and O–H groups in total. The number of nitriles is 1. The predicted octanol–water partition coefficient (Wildman–Crippen LogP) is 3.22. The van der Waals surface area contributed by atoms with Crippen molar-refractivity contribution in [2.45, 2.75) is 0 Å². The summed E-state index contributed by atoms with van der Waals surface area (Å²) in [5.74, 6) is -0.255. The smallest absolute Gasteiger partial charge is 0.255 e. The van der Waals surface area contributed by atoms with E-state index < -0.39 is 0 Å². The van der Waals surface area contributed by atoms with Crippen LogP contribution in [-0.4, -0.2) is 44.0 Å². The normalized spacial score (nSPS) is 14.8. The molecule has 1 heterocycles. The number of likely N-dealkylation sites (N-methyl/N-ethyl adjacent to an activating group) is 1. The quantitative estimate of drug-likeness (QED) is 0.919. The first-order chi connectivity index (χ1) is 12.1. The van der Waals surface area contributed by atoms with Crippen LogP contribution in [0, 0.1) is 11.3 Å². The van der Waals surface area contributed by atoms with Gasteiger partial charge in [0.25, 0.3) is 5.91 Å². The molecular weight excluding hydrogens is 336 g/mol. The Morgan fingerprint density at radius 1 is 1.16 bits per heavy atom. The van der Waals surface area contributed by atoms with Crippen LogP contribution >= 0.6 is 11.6 Å². The van der Waals surface area contributed by atoms with Gasteiger partial charge in [-0.3, -0.25) is 4.79 Å². The SMILES string of the molecule is CN1CCN(c2ccc(Cl)cc2NC(=O)c2cccc(C#N)c2)CC1. The van der Waals surface area contributed by atoms with Gasteiger partial charge in [-0.1, -0.05) is 17.7 Å². The molecule has 0 radical (unpaired) electrons. The topological polar surface area (TPSA) is 59.4 Å². The second-order valence-electron chi connectivity index (χ2n) is 6.10. The summed E-state index contributed by atoms with van der Waals surface area (Å²) in [4.78, 5) is 17.1. The zero-order chi connectivity index (χ0) is 17.8. The second-order valence-corrected chi connectivity index (χ2v) is 6.53. The van der Waals surface area contributed by atoms with Gasteiger partial charge in [0.15, 0.2) is 0 Å². The fourth-order valence-corrected chi connectivity index (χ4v) is 3.03. The van der Waals surface area contributed by atoms with Crippen molar-refractivity contribution in [2.75, 3.05) is 43.4 Å².